The van der Waals surface area contributed by atoms with Crippen LogP contribution in [0.1, 0.15) is 13.8 Å². The summed E-state index contributed by atoms with van der Waals surface area (Å²) in [6.07, 6.45) is 0. The van der Waals surface area contributed by atoms with Crippen LogP contribution in [0.5, 0.6) is 0 Å². The summed E-state index contributed by atoms with van der Waals surface area (Å²) >= 11 is 6.71. The van der Waals surface area contributed by atoms with Gasteiger partial charge in [0.1, 0.15) is 4.21 Å². The lowest BCUT2D eigenvalue weighted by molar-refractivity contribution is 0.269. The van der Waals surface area contributed by atoms with Crippen molar-refractivity contribution < 1.29 is 13.5 Å². The van der Waals surface area contributed by atoms with Crippen LogP contribution in [0, 0.1) is 5.92 Å². The molecule has 0 fully saturated rings. The first-order valence-corrected chi connectivity index (χ1v) is 7.23. The van der Waals surface area contributed by atoms with Crippen LogP contribution in [-0.2, 0) is 9.84 Å². The fourth-order valence-electron chi connectivity index (χ4n) is 1.27. The van der Waals surface area contributed by atoms with E-state index in [9.17, 15) is 8.42 Å². The van der Waals surface area contributed by atoms with Crippen LogP contribution in [0.4, 0.5) is 0 Å². The average Bonchev–Trinajstić information content (AvgIpc) is 2.52. The lowest BCUT2D eigenvalue weighted by Gasteiger charge is -2.17. The Morgan fingerprint density at radius 3 is 2.40 bits per heavy atom. The molecule has 1 rings (SSSR count). The van der Waals surface area contributed by atoms with E-state index < -0.39 is 15.1 Å². The summed E-state index contributed by atoms with van der Waals surface area (Å²) in [6, 6.07) is 3.03. The fourth-order valence-corrected chi connectivity index (χ4v) is 4.75. The van der Waals surface area contributed by atoms with Gasteiger partial charge in [-0.05, 0) is 18.1 Å². The Morgan fingerprint density at radius 2 is 2.07 bits per heavy atom. The topological polar surface area (TPSA) is 54.4 Å². The standard InChI is InChI=1S/C9H13ClO3S2/c1-6(2)7(5-11)15(12,13)9-4-3-8(10)14-9/h3-4,6-7,11H,5H2,1-2H3. The number of hydrogen-bond acceptors (Lipinski definition) is 4. The maximum Gasteiger partial charge on any atom is 0.193 e. The van der Waals surface area contributed by atoms with E-state index in [1.807, 2.05) is 0 Å². The summed E-state index contributed by atoms with van der Waals surface area (Å²) in [5.74, 6) is -0.124. The Labute approximate surface area is 98.6 Å². The molecule has 6 heteroatoms. The molecule has 1 aromatic rings. The summed E-state index contributed by atoms with van der Waals surface area (Å²) < 4.78 is 24.7. The molecule has 0 aromatic carbocycles. The Bertz CT molecular complexity index is 422. The summed E-state index contributed by atoms with van der Waals surface area (Å²) in [7, 11) is -3.45. The lowest BCUT2D eigenvalue weighted by Crippen LogP contribution is -2.30. The molecular weight excluding hydrogens is 256 g/mol. The van der Waals surface area contributed by atoms with E-state index in [0.717, 1.165) is 11.3 Å². The third-order valence-corrected chi connectivity index (χ3v) is 6.31. The molecule has 15 heavy (non-hydrogen) atoms. The molecule has 0 saturated carbocycles. The van der Waals surface area contributed by atoms with Gasteiger partial charge in [-0.15, -0.1) is 11.3 Å². The zero-order valence-electron chi connectivity index (χ0n) is 8.47. The van der Waals surface area contributed by atoms with Crippen molar-refractivity contribution in [1.29, 1.82) is 0 Å². The van der Waals surface area contributed by atoms with Gasteiger partial charge in [-0.25, -0.2) is 8.42 Å². The number of halogens is 1. The Hall–Kier alpha value is -0.100. The van der Waals surface area contributed by atoms with Gasteiger partial charge in [0, 0.05) is 0 Å². The van der Waals surface area contributed by atoms with Gasteiger partial charge in [0.05, 0.1) is 16.2 Å². The Balaban J connectivity index is 3.12. The van der Waals surface area contributed by atoms with Crippen LogP contribution >= 0.6 is 22.9 Å². The van der Waals surface area contributed by atoms with E-state index in [0.29, 0.717) is 4.34 Å². The summed E-state index contributed by atoms with van der Waals surface area (Å²) in [4.78, 5) is 0. The average molecular weight is 269 g/mol. The van der Waals surface area contributed by atoms with E-state index in [2.05, 4.69) is 0 Å². The van der Waals surface area contributed by atoms with Crippen LogP contribution in [-0.4, -0.2) is 25.4 Å². The highest BCUT2D eigenvalue weighted by atomic mass is 35.5. The molecule has 0 aliphatic carbocycles. The number of rotatable bonds is 4. The highest BCUT2D eigenvalue weighted by Gasteiger charge is 2.30. The molecule has 1 N–H and O–H groups in total. The number of sulfone groups is 1. The molecule has 0 spiro atoms. The number of aliphatic hydroxyl groups is 1. The largest absolute Gasteiger partial charge is 0.395 e. The maximum absolute atomic E-state index is 12.0. The van der Waals surface area contributed by atoms with Gasteiger partial charge >= 0.3 is 0 Å². The molecule has 0 aliphatic heterocycles. The Morgan fingerprint density at radius 1 is 1.47 bits per heavy atom. The fraction of sp³-hybridized carbons (Fsp3) is 0.556. The molecule has 1 atom stereocenters. The van der Waals surface area contributed by atoms with Crippen LogP contribution in [0.2, 0.25) is 4.34 Å². The third-order valence-electron chi connectivity index (χ3n) is 2.15. The molecule has 3 nitrogen and oxygen atoms in total. The molecule has 0 radical (unpaired) electrons. The van der Waals surface area contributed by atoms with Gasteiger partial charge < -0.3 is 5.11 Å². The van der Waals surface area contributed by atoms with Gasteiger partial charge in [-0.2, -0.15) is 0 Å². The SMILES string of the molecule is CC(C)C(CO)S(=O)(=O)c1ccc(Cl)s1. The van der Waals surface area contributed by atoms with Crippen molar-refractivity contribution in [3.63, 3.8) is 0 Å². The van der Waals surface area contributed by atoms with Gasteiger partial charge in [0.25, 0.3) is 0 Å². The van der Waals surface area contributed by atoms with Crippen LogP contribution in [0.25, 0.3) is 0 Å². The summed E-state index contributed by atoms with van der Waals surface area (Å²) in [6.45, 7) is 3.18. The minimum Gasteiger partial charge on any atom is -0.395 e. The predicted molar refractivity (Wildman–Crippen MR) is 62.2 cm³/mol. The minimum atomic E-state index is -3.45. The predicted octanol–water partition coefficient (Wildman–Crippen LogP) is 2.19. The van der Waals surface area contributed by atoms with Crippen LogP contribution in [0.15, 0.2) is 16.3 Å². The van der Waals surface area contributed by atoms with Crippen LogP contribution < -0.4 is 0 Å². The summed E-state index contributed by atoms with van der Waals surface area (Å²) in [5, 5.41) is 8.34. The second-order valence-electron chi connectivity index (χ2n) is 3.57. The summed E-state index contributed by atoms with van der Waals surface area (Å²) in [5.41, 5.74) is 0. The first-order chi connectivity index (χ1) is 6.89. The molecule has 1 unspecified atom stereocenters. The van der Waals surface area contributed by atoms with Gasteiger partial charge in [0.2, 0.25) is 0 Å². The smallest absolute Gasteiger partial charge is 0.193 e. The second kappa shape index (κ2) is 4.82. The molecule has 1 heterocycles. The third kappa shape index (κ3) is 2.72. The van der Waals surface area contributed by atoms with E-state index in [1.165, 1.54) is 6.07 Å². The van der Waals surface area contributed by atoms with E-state index in [1.54, 1.807) is 19.9 Å². The normalized spacial score (nSPS) is 14.5. The highest BCUT2D eigenvalue weighted by molar-refractivity contribution is 7.94. The molecule has 0 saturated heterocycles. The second-order valence-corrected chi connectivity index (χ2v) is 7.68. The molecule has 0 amide bonds. The van der Waals surface area contributed by atoms with Crippen molar-refractivity contribution in [2.75, 3.05) is 6.61 Å². The first kappa shape index (κ1) is 13.0. The zero-order valence-corrected chi connectivity index (χ0v) is 10.9. The van der Waals surface area contributed by atoms with Crippen molar-refractivity contribution in [2.45, 2.75) is 23.3 Å². The minimum absolute atomic E-state index is 0.124. The van der Waals surface area contributed by atoms with E-state index in [-0.39, 0.29) is 16.7 Å². The van der Waals surface area contributed by atoms with Crippen molar-refractivity contribution in [3.8, 4) is 0 Å². The number of aliphatic hydroxyl groups excluding tert-OH is 1. The first-order valence-electron chi connectivity index (χ1n) is 4.49. The van der Waals surface area contributed by atoms with Crippen molar-refractivity contribution >= 4 is 32.8 Å². The van der Waals surface area contributed by atoms with Crippen LogP contribution in [0.3, 0.4) is 0 Å². The van der Waals surface area contributed by atoms with E-state index in [4.69, 9.17) is 16.7 Å². The van der Waals surface area contributed by atoms with Gasteiger partial charge in [0.15, 0.2) is 9.84 Å². The number of hydrogen-bond donors (Lipinski definition) is 1. The van der Waals surface area contributed by atoms with Crippen molar-refractivity contribution in [2.24, 2.45) is 5.92 Å². The van der Waals surface area contributed by atoms with Gasteiger partial charge in [-0.3, -0.25) is 0 Å². The zero-order chi connectivity index (χ0) is 11.6. The van der Waals surface area contributed by atoms with E-state index >= 15 is 0 Å². The van der Waals surface area contributed by atoms with Gasteiger partial charge in [-0.1, -0.05) is 25.4 Å². The lowest BCUT2D eigenvalue weighted by atomic mass is 10.1. The molecule has 86 valence electrons. The molecule has 1 aromatic heterocycles. The van der Waals surface area contributed by atoms with Crippen molar-refractivity contribution in [3.05, 3.63) is 16.5 Å². The quantitative estimate of drug-likeness (QED) is 0.911. The molecular formula is C9H13ClO3S2. The van der Waals surface area contributed by atoms with Crippen molar-refractivity contribution in [1.82, 2.24) is 0 Å². The Kier molecular flexibility index (Phi) is 4.17. The molecule has 0 aliphatic rings. The molecule has 0 bridgehead atoms. The highest BCUT2D eigenvalue weighted by Crippen LogP contribution is 2.30. The monoisotopic (exact) mass is 268 g/mol. The number of thiophene rings is 1. The maximum atomic E-state index is 12.0.